The number of nitrogens with zero attached hydrogens (tertiary/aromatic N) is 6. The SMILES string of the molecule is O=c1ccc(-c2ccncc2)nn1CC1CCN(c2ncccn2)CC1. The summed E-state index contributed by atoms with van der Waals surface area (Å²) in [6.07, 6.45) is 8.98. The van der Waals surface area contributed by atoms with E-state index in [1.165, 1.54) is 0 Å². The average Bonchev–Trinajstić information content (AvgIpc) is 2.71. The van der Waals surface area contributed by atoms with Crippen LogP contribution in [-0.2, 0) is 6.54 Å². The van der Waals surface area contributed by atoms with Gasteiger partial charge >= 0.3 is 0 Å². The Hall–Kier alpha value is -3.09. The summed E-state index contributed by atoms with van der Waals surface area (Å²) in [5.74, 6) is 1.20. The fourth-order valence-corrected chi connectivity index (χ4v) is 3.27. The van der Waals surface area contributed by atoms with Crippen molar-refractivity contribution in [3.8, 4) is 11.3 Å². The molecule has 1 aliphatic rings. The lowest BCUT2D eigenvalue weighted by molar-refractivity contribution is 0.334. The third kappa shape index (κ3) is 3.61. The monoisotopic (exact) mass is 348 g/mol. The molecule has 0 aromatic carbocycles. The Morgan fingerprint density at radius 3 is 2.42 bits per heavy atom. The van der Waals surface area contributed by atoms with Crippen LogP contribution in [0.4, 0.5) is 5.95 Å². The summed E-state index contributed by atoms with van der Waals surface area (Å²) in [5, 5.41) is 4.55. The average molecular weight is 348 g/mol. The predicted molar refractivity (Wildman–Crippen MR) is 98.7 cm³/mol. The van der Waals surface area contributed by atoms with Gasteiger partial charge in [0.25, 0.3) is 5.56 Å². The minimum Gasteiger partial charge on any atom is -0.341 e. The summed E-state index contributed by atoms with van der Waals surface area (Å²) in [4.78, 5) is 27.1. The van der Waals surface area contributed by atoms with Crippen molar-refractivity contribution >= 4 is 5.95 Å². The molecular weight excluding hydrogens is 328 g/mol. The minimum atomic E-state index is -0.0587. The Kier molecular flexibility index (Phi) is 4.68. The Labute approximate surface area is 151 Å². The molecule has 0 N–H and O–H groups in total. The predicted octanol–water partition coefficient (Wildman–Crippen LogP) is 2.01. The first kappa shape index (κ1) is 16.4. The summed E-state index contributed by atoms with van der Waals surface area (Å²) in [6, 6.07) is 8.98. The van der Waals surface area contributed by atoms with Crippen molar-refractivity contribution in [2.75, 3.05) is 18.0 Å². The molecular formula is C19H20N6O. The van der Waals surface area contributed by atoms with E-state index in [-0.39, 0.29) is 5.56 Å². The zero-order valence-corrected chi connectivity index (χ0v) is 14.4. The van der Waals surface area contributed by atoms with Crippen molar-refractivity contribution in [3.05, 3.63) is 65.5 Å². The van der Waals surface area contributed by atoms with Crippen LogP contribution in [0.1, 0.15) is 12.8 Å². The van der Waals surface area contributed by atoms with E-state index < -0.39 is 0 Å². The van der Waals surface area contributed by atoms with Crippen LogP contribution in [0.5, 0.6) is 0 Å². The maximum absolute atomic E-state index is 12.2. The van der Waals surface area contributed by atoms with Crippen molar-refractivity contribution in [1.29, 1.82) is 0 Å². The van der Waals surface area contributed by atoms with E-state index >= 15 is 0 Å². The number of piperidine rings is 1. The van der Waals surface area contributed by atoms with Gasteiger partial charge in [0.05, 0.1) is 5.69 Å². The Bertz CT molecular complexity index is 904. The highest BCUT2D eigenvalue weighted by Gasteiger charge is 2.21. The second kappa shape index (κ2) is 7.43. The van der Waals surface area contributed by atoms with Crippen LogP contribution in [0, 0.1) is 5.92 Å². The summed E-state index contributed by atoms with van der Waals surface area (Å²) in [6.45, 7) is 2.43. The Morgan fingerprint density at radius 1 is 0.962 bits per heavy atom. The number of aromatic nitrogens is 5. The summed E-state index contributed by atoms with van der Waals surface area (Å²) >= 11 is 0. The lowest BCUT2D eigenvalue weighted by Crippen LogP contribution is -2.37. The van der Waals surface area contributed by atoms with Gasteiger partial charge in [0.2, 0.25) is 5.95 Å². The first-order chi connectivity index (χ1) is 12.8. The molecule has 7 nitrogen and oxygen atoms in total. The smallest absolute Gasteiger partial charge is 0.266 e. The van der Waals surface area contributed by atoms with Crippen LogP contribution in [0.15, 0.2) is 59.9 Å². The van der Waals surface area contributed by atoms with Crippen LogP contribution in [0.25, 0.3) is 11.3 Å². The lowest BCUT2D eigenvalue weighted by atomic mass is 9.97. The highest BCUT2D eigenvalue weighted by Crippen LogP contribution is 2.21. The molecule has 0 atom stereocenters. The van der Waals surface area contributed by atoms with Gasteiger partial charge in [-0.25, -0.2) is 14.6 Å². The molecule has 3 aromatic rings. The third-order valence-corrected chi connectivity index (χ3v) is 4.72. The summed E-state index contributed by atoms with van der Waals surface area (Å²) in [7, 11) is 0. The first-order valence-corrected chi connectivity index (χ1v) is 8.80. The standard InChI is InChI=1S/C19H20N6O/c26-18-3-2-17(16-4-10-20-11-5-16)23-25(18)14-15-6-12-24(13-7-15)19-21-8-1-9-22-19/h1-5,8-11,15H,6-7,12-14H2. The van der Waals surface area contributed by atoms with Crippen molar-refractivity contribution in [2.45, 2.75) is 19.4 Å². The molecule has 0 saturated carbocycles. The number of rotatable bonds is 4. The molecule has 0 radical (unpaired) electrons. The van der Waals surface area contributed by atoms with Crippen molar-refractivity contribution in [3.63, 3.8) is 0 Å². The minimum absolute atomic E-state index is 0.0587. The molecule has 4 heterocycles. The van der Waals surface area contributed by atoms with Gasteiger partial charge < -0.3 is 4.90 Å². The van der Waals surface area contributed by atoms with E-state index in [2.05, 4.69) is 25.0 Å². The van der Waals surface area contributed by atoms with Crippen LogP contribution in [0.3, 0.4) is 0 Å². The topological polar surface area (TPSA) is 76.8 Å². The lowest BCUT2D eigenvalue weighted by Gasteiger charge is -2.31. The van der Waals surface area contributed by atoms with Crippen LogP contribution >= 0.6 is 0 Å². The number of pyridine rings is 1. The third-order valence-electron chi connectivity index (χ3n) is 4.72. The molecule has 1 saturated heterocycles. The highest BCUT2D eigenvalue weighted by molar-refractivity contribution is 5.56. The van der Waals surface area contributed by atoms with Crippen LogP contribution < -0.4 is 10.5 Å². The van der Waals surface area contributed by atoms with Gasteiger partial charge in [-0.1, -0.05) is 0 Å². The van der Waals surface area contributed by atoms with Gasteiger partial charge in [-0.2, -0.15) is 5.10 Å². The van der Waals surface area contributed by atoms with E-state index in [4.69, 9.17) is 0 Å². The molecule has 1 aliphatic heterocycles. The zero-order valence-electron chi connectivity index (χ0n) is 14.4. The molecule has 3 aromatic heterocycles. The fraction of sp³-hybridized carbons (Fsp3) is 0.316. The van der Waals surface area contributed by atoms with Gasteiger partial charge in [-0.3, -0.25) is 9.78 Å². The number of hydrogen-bond donors (Lipinski definition) is 0. The van der Waals surface area contributed by atoms with Crippen molar-refractivity contribution in [1.82, 2.24) is 24.7 Å². The van der Waals surface area contributed by atoms with Gasteiger partial charge in [-0.05, 0) is 43.0 Å². The number of hydrogen-bond acceptors (Lipinski definition) is 6. The Morgan fingerprint density at radius 2 is 1.69 bits per heavy atom. The first-order valence-electron chi connectivity index (χ1n) is 8.80. The molecule has 26 heavy (non-hydrogen) atoms. The fourth-order valence-electron chi connectivity index (χ4n) is 3.27. The normalized spacial score (nSPS) is 15.2. The summed E-state index contributed by atoms with van der Waals surface area (Å²) in [5.41, 5.74) is 1.70. The molecule has 132 valence electrons. The summed E-state index contributed by atoms with van der Waals surface area (Å²) < 4.78 is 1.59. The Balaban J connectivity index is 1.44. The molecule has 0 bridgehead atoms. The zero-order chi connectivity index (χ0) is 17.8. The van der Waals surface area contributed by atoms with Crippen LogP contribution in [0.2, 0.25) is 0 Å². The molecule has 0 aliphatic carbocycles. The molecule has 0 amide bonds. The van der Waals surface area contributed by atoms with Crippen molar-refractivity contribution < 1.29 is 0 Å². The molecule has 1 fully saturated rings. The van der Waals surface area contributed by atoms with E-state index in [0.29, 0.717) is 12.5 Å². The number of anilines is 1. The molecule has 0 spiro atoms. The van der Waals surface area contributed by atoms with E-state index in [1.54, 1.807) is 41.6 Å². The maximum atomic E-state index is 12.2. The quantitative estimate of drug-likeness (QED) is 0.718. The molecule has 7 heteroatoms. The molecule has 0 unspecified atom stereocenters. The van der Waals surface area contributed by atoms with Gasteiger partial charge in [-0.15, -0.1) is 0 Å². The highest BCUT2D eigenvalue weighted by atomic mass is 16.1. The van der Waals surface area contributed by atoms with Gasteiger partial charge in [0.1, 0.15) is 0 Å². The van der Waals surface area contributed by atoms with Gasteiger partial charge in [0.15, 0.2) is 0 Å². The van der Waals surface area contributed by atoms with E-state index in [0.717, 1.165) is 43.1 Å². The second-order valence-electron chi connectivity index (χ2n) is 6.45. The van der Waals surface area contributed by atoms with Gasteiger partial charge in [0, 0.05) is 56.1 Å². The second-order valence-corrected chi connectivity index (χ2v) is 6.45. The molecule has 4 rings (SSSR count). The maximum Gasteiger partial charge on any atom is 0.266 e. The van der Waals surface area contributed by atoms with Crippen molar-refractivity contribution in [2.24, 2.45) is 5.92 Å². The largest absolute Gasteiger partial charge is 0.341 e. The van der Waals surface area contributed by atoms with E-state index in [1.807, 2.05) is 18.2 Å². The van der Waals surface area contributed by atoms with E-state index in [9.17, 15) is 4.79 Å². The van der Waals surface area contributed by atoms with Crippen LogP contribution in [-0.4, -0.2) is 37.8 Å².